The lowest BCUT2D eigenvalue weighted by Crippen LogP contribution is -2.40. The first-order valence-electron chi connectivity index (χ1n) is 5.86. The second kappa shape index (κ2) is 5.32. The van der Waals surface area contributed by atoms with Gasteiger partial charge in [0.2, 0.25) is 0 Å². The first kappa shape index (κ1) is 12.8. The molecule has 1 saturated heterocycles. The molecule has 0 atom stereocenters. The number of nitrogens with zero attached hydrogens (tertiary/aromatic N) is 1. The van der Waals surface area contributed by atoms with Gasteiger partial charge in [-0.2, -0.15) is 0 Å². The Kier molecular flexibility index (Phi) is 3.78. The number of hydrogen-bond donors (Lipinski definition) is 3. The number of hydrogen-bond acceptors (Lipinski definition) is 4. The second-order valence-electron chi connectivity index (χ2n) is 4.33. The number of carbonyl (C=O) groups is 1. The molecular weight excluding hydrogens is 237 g/mol. The molecule has 6 heteroatoms. The van der Waals surface area contributed by atoms with Gasteiger partial charge in [-0.1, -0.05) is 6.07 Å². The van der Waals surface area contributed by atoms with Crippen molar-refractivity contribution in [1.29, 1.82) is 0 Å². The van der Waals surface area contributed by atoms with Crippen molar-refractivity contribution < 1.29 is 14.3 Å². The molecule has 5 nitrogen and oxygen atoms in total. The van der Waals surface area contributed by atoms with Crippen molar-refractivity contribution in [2.24, 2.45) is 5.84 Å². The number of nitrogen functional groups attached to an aromatic ring is 1. The fraction of sp³-hybridized carbons (Fsp3) is 0.417. The second-order valence-corrected chi connectivity index (χ2v) is 4.33. The lowest BCUT2D eigenvalue weighted by atomic mass is 10.1. The summed E-state index contributed by atoms with van der Waals surface area (Å²) in [5, 5.41) is 9.39. The number of aliphatic hydroxyl groups excluding tert-OH is 1. The molecule has 0 bridgehead atoms. The lowest BCUT2D eigenvalue weighted by molar-refractivity contribution is 0.0547. The molecule has 1 fully saturated rings. The summed E-state index contributed by atoms with van der Waals surface area (Å²) in [7, 11) is 0. The molecule has 4 N–H and O–H groups in total. The van der Waals surface area contributed by atoms with Crippen molar-refractivity contribution in [2.45, 2.75) is 18.9 Å². The minimum atomic E-state index is -0.555. The molecule has 1 aliphatic rings. The molecule has 0 radical (unpaired) electrons. The molecule has 0 unspecified atom stereocenters. The highest BCUT2D eigenvalue weighted by Crippen LogP contribution is 2.22. The Morgan fingerprint density at radius 3 is 2.72 bits per heavy atom. The molecule has 1 aromatic carbocycles. The van der Waals surface area contributed by atoms with Crippen LogP contribution in [0.2, 0.25) is 0 Å². The first-order valence-corrected chi connectivity index (χ1v) is 5.86. The topological polar surface area (TPSA) is 78.6 Å². The smallest absolute Gasteiger partial charge is 0.256 e. The van der Waals surface area contributed by atoms with E-state index in [1.807, 2.05) is 0 Å². The standard InChI is InChI=1S/C12H16FN3O2/c13-10-3-1-2-9(11(10)15-14)12(18)16-6-4-8(17)5-7-16/h1-3,8,15,17H,4-7,14H2. The van der Waals surface area contributed by atoms with Crippen molar-refractivity contribution in [3.63, 3.8) is 0 Å². The van der Waals surface area contributed by atoms with E-state index in [-0.39, 0.29) is 23.3 Å². The van der Waals surface area contributed by atoms with Crippen molar-refractivity contribution in [3.8, 4) is 0 Å². The summed E-state index contributed by atoms with van der Waals surface area (Å²) in [5.41, 5.74) is 2.45. The molecule has 2 rings (SSSR count). The predicted molar refractivity (Wildman–Crippen MR) is 65.4 cm³/mol. The zero-order valence-corrected chi connectivity index (χ0v) is 9.90. The minimum Gasteiger partial charge on any atom is -0.393 e. The number of hydrazine groups is 1. The summed E-state index contributed by atoms with van der Waals surface area (Å²) >= 11 is 0. The Morgan fingerprint density at radius 1 is 1.44 bits per heavy atom. The van der Waals surface area contributed by atoms with Gasteiger partial charge < -0.3 is 15.4 Å². The molecule has 1 amide bonds. The van der Waals surface area contributed by atoms with E-state index in [1.54, 1.807) is 4.90 Å². The number of benzene rings is 1. The number of para-hydroxylation sites is 1. The van der Waals surface area contributed by atoms with Crippen LogP contribution in [0, 0.1) is 5.82 Å². The summed E-state index contributed by atoms with van der Waals surface area (Å²) < 4.78 is 13.5. The number of likely N-dealkylation sites (tertiary alicyclic amines) is 1. The molecule has 0 spiro atoms. The van der Waals surface area contributed by atoms with E-state index in [4.69, 9.17) is 5.84 Å². The van der Waals surface area contributed by atoms with Crippen molar-refractivity contribution >= 4 is 11.6 Å². The molecule has 0 aliphatic carbocycles. The van der Waals surface area contributed by atoms with Crippen LogP contribution in [0.4, 0.5) is 10.1 Å². The van der Waals surface area contributed by atoms with Crippen LogP contribution in [0.25, 0.3) is 0 Å². The molecule has 0 aromatic heterocycles. The molecule has 98 valence electrons. The van der Waals surface area contributed by atoms with Crippen molar-refractivity contribution in [3.05, 3.63) is 29.6 Å². The molecule has 18 heavy (non-hydrogen) atoms. The molecule has 1 heterocycles. The van der Waals surface area contributed by atoms with Gasteiger partial charge in [0.1, 0.15) is 5.82 Å². The van der Waals surface area contributed by atoms with Gasteiger partial charge in [0.25, 0.3) is 5.91 Å². The predicted octanol–water partition coefficient (Wildman–Crippen LogP) is 0.708. The number of nitrogens with one attached hydrogen (secondary N) is 1. The largest absolute Gasteiger partial charge is 0.393 e. The zero-order valence-electron chi connectivity index (χ0n) is 9.90. The van der Waals surface area contributed by atoms with Crippen LogP contribution in [0.1, 0.15) is 23.2 Å². The molecule has 1 aliphatic heterocycles. The normalized spacial score (nSPS) is 16.7. The highest BCUT2D eigenvalue weighted by atomic mass is 19.1. The average molecular weight is 253 g/mol. The third kappa shape index (κ3) is 2.44. The van der Waals surface area contributed by atoms with Gasteiger partial charge in [-0.05, 0) is 25.0 Å². The average Bonchev–Trinajstić information content (AvgIpc) is 2.38. The van der Waals surface area contributed by atoms with E-state index >= 15 is 0 Å². The van der Waals surface area contributed by atoms with Crippen LogP contribution >= 0.6 is 0 Å². The van der Waals surface area contributed by atoms with E-state index in [1.165, 1.54) is 18.2 Å². The van der Waals surface area contributed by atoms with Crippen LogP contribution in [-0.2, 0) is 0 Å². The Balaban J connectivity index is 2.21. The Morgan fingerprint density at radius 2 is 2.11 bits per heavy atom. The fourth-order valence-electron chi connectivity index (χ4n) is 2.09. The number of nitrogens with two attached hydrogens (primary N) is 1. The summed E-state index contributed by atoms with van der Waals surface area (Å²) in [4.78, 5) is 13.8. The summed E-state index contributed by atoms with van der Waals surface area (Å²) in [6.45, 7) is 0.945. The van der Waals surface area contributed by atoms with Gasteiger partial charge in [-0.3, -0.25) is 10.6 Å². The summed E-state index contributed by atoms with van der Waals surface area (Å²) in [5.74, 6) is 4.42. The van der Waals surface area contributed by atoms with Gasteiger partial charge in [0.05, 0.1) is 17.4 Å². The lowest BCUT2D eigenvalue weighted by Gasteiger charge is -2.30. The van der Waals surface area contributed by atoms with E-state index in [9.17, 15) is 14.3 Å². The van der Waals surface area contributed by atoms with Crippen LogP contribution in [0.5, 0.6) is 0 Å². The van der Waals surface area contributed by atoms with Crippen LogP contribution in [0.3, 0.4) is 0 Å². The Hall–Kier alpha value is -1.66. The highest BCUT2D eigenvalue weighted by Gasteiger charge is 2.24. The van der Waals surface area contributed by atoms with Crippen molar-refractivity contribution in [2.75, 3.05) is 18.5 Å². The number of anilines is 1. The Labute approximate surface area is 104 Å². The van der Waals surface area contributed by atoms with Gasteiger partial charge in [-0.25, -0.2) is 4.39 Å². The number of carbonyl (C=O) groups excluding carboxylic acids is 1. The zero-order chi connectivity index (χ0) is 13.1. The number of halogens is 1. The SMILES string of the molecule is NNc1c(F)cccc1C(=O)N1CCC(O)CC1. The third-order valence-corrected chi connectivity index (χ3v) is 3.14. The quantitative estimate of drug-likeness (QED) is 0.536. The monoisotopic (exact) mass is 253 g/mol. The Bertz CT molecular complexity index is 445. The van der Waals surface area contributed by atoms with E-state index in [0.29, 0.717) is 25.9 Å². The summed E-state index contributed by atoms with van der Waals surface area (Å²) in [6.07, 6.45) is 0.743. The molecule has 1 aromatic rings. The molecular formula is C12H16FN3O2. The first-order chi connectivity index (χ1) is 8.63. The number of aliphatic hydroxyl groups is 1. The van der Waals surface area contributed by atoms with E-state index in [2.05, 4.69) is 5.43 Å². The number of piperidine rings is 1. The minimum absolute atomic E-state index is 0.00798. The maximum absolute atomic E-state index is 13.5. The van der Waals surface area contributed by atoms with Gasteiger partial charge >= 0.3 is 0 Å². The maximum Gasteiger partial charge on any atom is 0.256 e. The molecule has 0 saturated carbocycles. The van der Waals surface area contributed by atoms with Gasteiger partial charge in [-0.15, -0.1) is 0 Å². The van der Waals surface area contributed by atoms with Crippen LogP contribution < -0.4 is 11.3 Å². The highest BCUT2D eigenvalue weighted by molar-refractivity contribution is 5.99. The van der Waals surface area contributed by atoms with E-state index < -0.39 is 5.82 Å². The van der Waals surface area contributed by atoms with Crippen molar-refractivity contribution in [1.82, 2.24) is 4.90 Å². The number of amides is 1. The van der Waals surface area contributed by atoms with Crippen LogP contribution in [0.15, 0.2) is 18.2 Å². The van der Waals surface area contributed by atoms with Crippen LogP contribution in [-0.4, -0.2) is 35.1 Å². The fourth-order valence-corrected chi connectivity index (χ4v) is 2.09. The summed E-state index contributed by atoms with van der Waals surface area (Å²) in [6, 6.07) is 4.25. The number of rotatable bonds is 2. The van der Waals surface area contributed by atoms with Gasteiger partial charge in [0.15, 0.2) is 0 Å². The van der Waals surface area contributed by atoms with E-state index in [0.717, 1.165) is 0 Å². The van der Waals surface area contributed by atoms with Gasteiger partial charge in [0, 0.05) is 13.1 Å². The maximum atomic E-state index is 13.5. The third-order valence-electron chi connectivity index (χ3n) is 3.14.